The Morgan fingerprint density at radius 1 is 0.900 bits per heavy atom. The molecule has 0 bridgehead atoms. The van der Waals surface area contributed by atoms with Crippen LogP contribution in [0.15, 0.2) is 24.3 Å². The van der Waals surface area contributed by atoms with Crippen molar-refractivity contribution in [1.82, 2.24) is 10.6 Å². The Balaban J connectivity index is 1.73. The predicted molar refractivity (Wildman–Crippen MR) is 119 cm³/mol. The third kappa shape index (κ3) is 8.93. The summed E-state index contributed by atoms with van der Waals surface area (Å²) in [6.07, 6.45) is 1.30. The summed E-state index contributed by atoms with van der Waals surface area (Å²) >= 11 is 0. The van der Waals surface area contributed by atoms with Crippen molar-refractivity contribution in [1.29, 1.82) is 0 Å². The van der Waals surface area contributed by atoms with E-state index in [0.717, 1.165) is 31.5 Å². The Labute approximate surface area is 180 Å². The highest BCUT2D eigenvalue weighted by atomic mass is 16.6. The van der Waals surface area contributed by atoms with E-state index in [1.165, 1.54) is 5.69 Å². The molecule has 0 radical (unpaired) electrons. The van der Waals surface area contributed by atoms with Gasteiger partial charge in [-0.25, -0.2) is 9.59 Å². The van der Waals surface area contributed by atoms with Crippen molar-refractivity contribution in [2.75, 3.05) is 24.5 Å². The highest BCUT2D eigenvalue weighted by Crippen LogP contribution is 2.23. The molecule has 2 N–H and O–H groups in total. The Bertz CT molecular complexity index is 697. The van der Waals surface area contributed by atoms with Crippen LogP contribution in [0.25, 0.3) is 0 Å². The maximum Gasteiger partial charge on any atom is 0.407 e. The van der Waals surface area contributed by atoms with Crippen LogP contribution in [0.3, 0.4) is 0 Å². The van der Waals surface area contributed by atoms with Crippen molar-refractivity contribution in [3.8, 4) is 0 Å². The molecule has 1 heterocycles. The fourth-order valence-electron chi connectivity index (χ4n) is 3.25. The fraction of sp³-hybridized carbons (Fsp3) is 0.652. The highest BCUT2D eigenvalue weighted by molar-refractivity contribution is 5.68. The number of carbonyl (C=O) groups excluding carboxylic acids is 2. The maximum atomic E-state index is 11.8. The summed E-state index contributed by atoms with van der Waals surface area (Å²) in [5.74, 6) is 0.464. The predicted octanol–water partition coefficient (Wildman–Crippen LogP) is 4.45. The monoisotopic (exact) mass is 419 g/mol. The average molecular weight is 420 g/mol. The molecule has 0 unspecified atom stereocenters. The lowest BCUT2D eigenvalue weighted by Crippen LogP contribution is -2.40. The average Bonchev–Trinajstić information content (AvgIpc) is 2.63. The van der Waals surface area contributed by atoms with Crippen molar-refractivity contribution in [2.24, 2.45) is 5.92 Å². The minimum absolute atomic E-state index is 0.347. The Kier molecular flexibility index (Phi) is 7.98. The van der Waals surface area contributed by atoms with Crippen LogP contribution in [0.5, 0.6) is 0 Å². The fourth-order valence-corrected chi connectivity index (χ4v) is 3.25. The lowest BCUT2D eigenvalue weighted by Gasteiger charge is -2.34. The molecular weight excluding hydrogens is 382 g/mol. The SMILES string of the molecule is CC(C)(C)OC(=O)NCc1ccc(N2CCC(CNC(=O)OC(C)(C)C)CC2)cc1. The number of benzene rings is 1. The topological polar surface area (TPSA) is 79.9 Å². The molecular formula is C23H37N3O4. The first kappa shape index (κ1) is 23.8. The Hall–Kier alpha value is -2.44. The summed E-state index contributed by atoms with van der Waals surface area (Å²) < 4.78 is 10.5. The van der Waals surface area contributed by atoms with Crippen LogP contribution >= 0.6 is 0 Å². The lowest BCUT2D eigenvalue weighted by atomic mass is 9.96. The maximum absolute atomic E-state index is 11.8. The second-order valence-electron chi connectivity index (χ2n) is 9.84. The molecule has 1 aromatic rings. The molecule has 7 heteroatoms. The van der Waals surface area contributed by atoms with Gasteiger partial charge in [0.15, 0.2) is 0 Å². The van der Waals surface area contributed by atoms with Gasteiger partial charge in [0.1, 0.15) is 11.2 Å². The molecule has 7 nitrogen and oxygen atoms in total. The lowest BCUT2D eigenvalue weighted by molar-refractivity contribution is 0.0508. The number of amides is 2. The Morgan fingerprint density at radius 3 is 1.90 bits per heavy atom. The largest absolute Gasteiger partial charge is 0.444 e. The van der Waals surface area contributed by atoms with Gasteiger partial charge in [0.05, 0.1) is 0 Å². The molecule has 30 heavy (non-hydrogen) atoms. The standard InChI is InChI=1S/C23H37N3O4/c1-22(2,3)29-20(27)24-15-17-7-9-19(10-8-17)26-13-11-18(12-14-26)16-25-21(28)30-23(4,5)6/h7-10,18H,11-16H2,1-6H3,(H,24,27)(H,25,28). The summed E-state index contributed by atoms with van der Waals surface area (Å²) in [6, 6.07) is 8.24. The smallest absolute Gasteiger partial charge is 0.407 e. The van der Waals surface area contributed by atoms with E-state index in [0.29, 0.717) is 19.0 Å². The molecule has 1 aliphatic heterocycles. The number of rotatable bonds is 5. The third-order valence-electron chi connectivity index (χ3n) is 4.69. The van der Waals surface area contributed by atoms with E-state index in [2.05, 4.69) is 27.7 Å². The summed E-state index contributed by atoms with van der Waals surface area (Å²) in [5, 5.41) is 5.66. The molecule has 1 saturated heterocycles. The number of nitrogens with zero attached hydrogens (tertiary/aromatic N) is 1. The van der Waals surface area contributed by atoms with E-state index in [-0.39, 0.29) is 6.09 Å². The molecule has 0 spiro atoms. The van der Waals surface area contributed by atoms with Gasteiger partial charge in [0.2, 0.25) is 0 Å². The van der Waals surface area contributed by atoms with E-state index in [1.807, 2.05) is 53.7 Å². The van der Waals surface area contributed by atoms with Crippen molar-refractivity contribution in [2.45, 2.75) is 72.1 Å². The van der Waals surface area contributed by atoms with E-state index >= 15 is 0 Å². The summed E-state index contributed by atoms with van der Waals surface area (Å²) in [7, 11) is 0. The van der Waals surface area contributed by atoms with Crippen molar-refractivity contribution in [3.63, 3.8) is 0 Å². The number of anilines is 1. The van der Waals surface area contributed by atoms with Crippen LogP contribution in [0.1, 0.15) is 59.9 Å². The zero-order valence-corrected chi connectivity index (χ0v) is 19.2. The zero-order chi connectivity index (χ0) is 22.4. The molecule has 0 saturated carbocycles. The van der Waals surface area contributed by atoms with E-state index < -0.39 is 17.3 Å². The van der Waals surface area contributed by atoms with Gasteiger partial charge in [0.25, 0.3) is 0 Å². The van der Waals surface area contributed by atoms with Crippen molar-refractivity contribution in [3.05, 3.63) is 29.8 Å². The van der Waals surface area contributed by atoms with Crippen LogP contribution in [0, 0.1) is 5.92 Å². The number of hydrogen-bond donors (Lipinski definition) is 2. The third-order valence-corrected chi connectivity index (χ3v) is 4.69. The number of alkyl carbamates (subject to hydrolysis) is 2. The van der Waals surface area contributed by atoms with Crippen molar-refractivity contribution < 1.29 is 19.1 Å². The van der Waals surface area contributed by atoms with Crippen LogP contribution in [-0.4, -0.2) is 43.0 Å². The first-order valence-corrected chi connectivity index (χ1v) is 10.7. The molecule has 2 amide bonds. The van der Waals surface area contributed by atoms with Crippen molar-refractivity contribution >= 4 is 17.9 Å². The van der Waals surface area contributed by atoms with Crippen LogP contribution in [0.4, 0.5) is 15.3 Å². The van der Waals surface area contributed by atoms with Gasteiger partial charge in [-0.2, -0.15) is 0 Å². The van der Waals surface area contributed by atoms with Gasteiger partial charge in [-0.3, -0.25) is 0 Å². The number of nitrogens with one attached hydrogen (secondary N) is 2. The first-order valence-electron chi connectivity index (χ1n) is 10.7. The molecule has 0 aromatic heterocycles. The number of ether oxygens (including phenoxy) is 2. The van der Waals surface area contributed by atoms with Gasteiger partial charge in [0, 0.05) is 31.9 Å². The van der Waals surface area contributed by atoms with E-state index in [4.69, 9.17) is 9.47 Å². The summed E-state index contributed by atoms with van der Waals surface area (Å²) in [4.78, 5) is 25.9. The highest BCUT2D eigenvalue weighted by Gasteiger charge is 2.22. The second kappa shape index (κ2) is 10.0. The molecule has 0 atom stereocenters. The van der Waals surface area contributed by atoms with Gasteiger partial charge < -0.3 is 25.0 Å². The molecule has 168 valence electrons. The van der Waals surface area contributed by atoms with Gasteiger partial charge >= 0.3 is 12.2 Å². The second-order valence-corrected chi connectivity index (χ2v) is 9.84. The summed E-state index contributed by atoms with van der Waals surface area (Å²) in [6.45, 7) is 14.1. The first-order chi connectivity index (χ1) is 13.9. The molecule has 0 aliphatic carbocycles. The van der Waals surface area contributed by atoms with Gasteiger partial charge in [-0.1, -0.05) is 12.1 Å². The van der Waals surface area contributed by atoms with E-state index in [9.17, 15) is 9.59 Å². The molecule has 1 aliphatic rings. The molecule has 2 rings (SSSR count). The zero-order valence-electron chi connectivity index (χ0n) is 19.2. The number of hydrogen-bond acceptors (Lipinski definition) is 5. The quantitative estimate of drug-likeness (QED) is 0.737. The van der Waals surface area contributed by atoms with Gasteiger partial charge in [-0.05, 0) is 78.0 Å². The minimum atomic E-state index is -0.498. The normalized spacial score (nSPS) is 15.5. The summed E-state index contributed by atoms with van der Waals surface area (Å²) in [5.41, 5.74) is 1.24. The Morgan fingerprint density at radius 2 is 1.40 bits per heavy atom. The number of carbonyl (C=O) groups is 2. The molecule has 1 aromatic carbocycles. The van der Waals surface area contributed by atoms with Crippen LogP contribution in [-0.2, 0) is 16.0 Å². The van der Waals surface area contributed by atoms with E-state index in [1.54, 1.807) is 0 Å². The number of piperidine rings is 1. The minimum Gasteiger partial charge on any atom is -0.444 e. The van der Waals surface area contributed by atoms with Crippen LogP contribution < -0.4 is 15.5 Å². The van der Waals surface area contributed by atoms with Gasteiger partial charge in [-0.15, -0.1) is 0 Å². The van der Waals surface area contributed by atoms with Crippen LogP contribution in [0.2, 0.25) is 0 Å². The molecule has 1 fully saturated rings.